The minimum atomic E-state index is -3.73. The number of hydrogen-bond acceptors (Lipinski definition) is 4. The first-order valence-corrected chi connectivity index (χ1v) is 10.8. The molecule has 3 N–H and O–H groups in total. The molecule has 1 unspecified atom stereocenters. The maximum atomic E-state index is 12.2. The molecular weight excluding hydrogens is 404 g/mol. The van der Waals surface area contributed by atoms with Gasteiger partial charge in [-0.1, -0.05) is 41.9 Å². The fraction of sp³-hybridized carbons (Fsp3) is 0.105. The van der Waals surface area contributed by atoms with Gasteiger partial charge >= 0.3 is 0 Å². The molecule has 1 aromatic heterocycles. The van der Waals surface area contributed by atoms with Crippen molar-refractivity contribution >= 4 is 55.0 Å². The van der Waals surface area contributed by atoms with E-state index in [4.69, 9.17) is 16.7 Å². The monoisotopic (exact) mass is 420 g/mol. The summed E-state index contributed by atoms with van der Waals surface area (Å²) in [5, 5.41) is 9.51. The highest BCUT2D eigenvalue weighted by Crippen LogP contribution is 2.35. The van der Waals surface area contributed by atoms with Crippen molar-refractivity contribution in [1.29, 1.82) is 0 Å². The number of sulfonamides is 1. The van der Waals surface area contributed by atoms with Crippen molar-refractivity contribution in [2.24, 2.45) is 5.14 Å². The van der Waals surface area contributed by atoms with Gasteiger partial charge in [0.2, 0.25) is 15.9 Å². The fourth-order valence-electron chi connectivity index (χ4n) is 2.58. The van der Waals surface area contributed by atoms with Crippen LogP contribution in [0.2, 0.25) is 5.02 Å². The Hall–Kier alpha value is -2.19. The zero-order valence-corrected chi connectivity index (χ0v) is 16.7. The first-order chi connectivity index (χ1) is 12.8. The molecule has 8 heteroatoms. The molecule has 0 radical (unpaired) electrons. The minimum absolute atomic E-state index is 0.0316. The fourth-order valence-corrected chi connectivity index (χ4v) is 4.50. The molecule has 5 nitrogen and oxygen atoms in total. The van der Waals surface area contributed by atoms with Gasteiger partial charge in [0.1, 0.15) is 0 Å². The first-order valence-electron chi connectivity index (χ1n) is 8.04. The molecule has 1 atom stereocenters. The van der Waals surface area contributed by atoms with E-state index < -0.39 is 10.0 Å². The first kappa shape index (κ1) is 19.6. The Balaban J connectivity index is 1.69. The van der Waals surface area contributed by atoms with Crippen LogP contribution >= 0.6 is 22.9 Å². The molecule has 3 rings (SSSR count). The third-order valence-corrected chi connectivity index (χ3v) is 6.60. The summed E-state index contributed by atoms with van der Waals surface area (Å²) in [7, 11) is -3.73. The van der Waals surface area contributed by atoms with Crippen LogP contribution < -0.4 is 10.5 Å². The molecular formula is C19H17ClN2O3S2. The molecule has 0 aliphatic carbocycles. The average molecular weight is 421 g/mol. The van der Waals surface area contributed by atoms with Crippen molar-refractivity contribution in [2.45, 2.75) is 17.9 Å². The summed E-state index contributed by atoms with van der Waals surface area (Å²) in [6.07, 6.45) is 3.13. The van der Waals surface area contributed by atoms with Crippen molar-refractivity contribution in [3.8, 4) is 0 Å². The number of amides is 1. The Morgan fingerprint density at radius 3 is 2.48 bits per heavy atom. The number of thiophene rings is 1. The molecule has 2 aromatic carbocycles. The van der Waals surface area contributed by atoms with Crippen LogP contribution in [-0.4, -0.2) is 14.3 Å². The van der Waals surface area contributed by atoms with Gasteiger partial charge in [-0.3, -0.25) is 4.79 Å². The Morgan fingerprint density at radius 2 is 1.85 bits per heavy atom. The van der Waals surface area contributed by atoms with E-state index in [0.717, 1.165) is 20.5 Å². The second-order valence-corrected chi connectivity index (χ2v) is 8.98. The van der Waals surface area contributed by atoms with Crippen molar-refractivity contribution in [1.82, 2.24) is 5.32 Å². The van der Waals surface area contributed by atoms with Crippen LogP contribution in [0.4, 0.5) is 0 Å². The largest absolute Gasteiger partial charge is 0.346 e. The van der Waals surface area contributed by atoms with Gasteiger partial charge in [0.05, 0.1) is 16.0 Å². The van der Waals surface area contributed by atoms with Crippen LogP contribution in [0, 0.1) is 0 Å². The number of nitrogens with two attached hydrogens (primary N) is 1. The number of fused-ring (bicyclic) bond motifs is 1. The molecule has 0 saturated carbocycles. The van der Waals surface area contributed by atoms with Gasteiger partial charge < -0.3 is 5.32 Å². The summed E-state index contributed by atoms with van der Waals surface area (Å²) < 4.78 is 23.6. The van der Waals surface area contributed by atoms with Gasteiger partial charge in [-0.15, -0.1) is 11.3 Å². The predicted octanol–water partition coefficient (Wildman–Crippen LogP) is 4.09. The Bertz CT molecular complexity index is 1120. The number of nitrogens with one attached hydrogen (secondary N) is 1. The molecule has 0 saturated heterocycles. The van der Waals surface area contributed by atoms with Crippen LogP contribution in [0.5, 0.6) is 0 Å². The van der Waals surface area contributed by atoms with E-state index in [2.05, 4.69) is 5.32 Å². The van der Waals surface area contributed by atoms with Crippen LogP contribution in [0.25, 0.3) is 16.2 Å². The zero-order valence-electron chi connectivity index (χ0n) is 14.3. The molecule has 0 spiro atoms. The topological polar surface area (TPSA) is 89.3 Å². The van der Waals surface area contributed by atoms with E-state index in [1.807, 2.05) is 31.2 Å². The maximum Gasteiger partial charge on any atom is 0.244 e. The summed E-state index contributed by atoms with van der Waals surface area (Å²) in [6, 6.07) is 13.6. The van der Waals surface area contributed by atoms with Gasteiger partial charge in [0, 0.05) is 21.0 Å². The number of halogens is 1. The van der Waals surface area contributed by atoms with E-state index in [1.54, 1.807) is 18.2 Å². The summed E-state index contributed by atoms with van der Waals surface area (Å²) in [5.41, 5.74) is 0.768. The van der Waals surface area contributed by atoms with Gasteiger partial charge in [0.25, 0.3) is 0 Å². The number of carbonyl (C=O) groups excluding carboxylic acids is 1. The Kier molecular flexibility index (Phi) is 5.67. The predicted molar refractivity (Wildman–Crippen MR) is 110 cm³/mol. The number of carbonyl (C=O) groups is 1. The van der Waals surface area contributed by atoms with E-state index >= 15 is 0 Å². The molecule has 1 amide bonds. The number of benzene rings is 2. The van der Waals surface area contributed by atoms with E-state index in [-0.39, 0.29) is 16.8 Å². The molecule has 0 bridgehead atoms. The molecule has 0 aliphatic heterocycles. The second kappa shape index (κ2) is 7.82. The van der Waals surface area contributed by atoms with E-state index in [0.29, 0.717) is 5.02 Å². The third kappa shape index (κ3) is 4.56. The normalized spacial score (nSPS) is 13.1. The van der Waals surface area contributed by atoms with Crippen LogP contribution in [-0.2, 0) is 14.8 Å². The molecule has 27 heavy (non-hydrogen) atoms. The van der Waals surface area contributed by atoms with Crippen LogP contribution in [0.15, 0.2) is 59.5 Å². The quantitative estimate of drug-likeness (QED) is 0.609. The number of primary sulfonamides is 1. The van der Waals surface area contributed by atoms with Crippen molar-refractivity contribution < 1.29 is 13.2 Å². The molecule has 1 heterocycles. The van der Waals surface area contributed by atoms with Gasteiger partial charge in [0.15, 0.2) is 0 Å². The molecule has 0 fully saturated rings. The smallest absolute Gasteiger partial charge is 0.244 e. The Labute approximate surface area is 166 Å². The van der Waals surface area contributed by atoms with Gasteiger partial charge in [-0.05, 0) is 36.8 Å². The molecule has 0 aliphatic rings. The summed E-state index contributed by atoms with van der Waals surface area (Å²) in [4.78, 5) is 13.0. The van der Waals surface area contributed by atoms with Crippen molar-refractivity contribution in [2.75, 3.05) is 0 Å². The molecule has 3 aromatic rings. The number of hydrogen-bond donors (Lipinski definition) is 2. The lowest BCUT2D eigenvalue weighted by Crippen LogP contribution is -2.24. The number of rotatable bonds is 5. The van der Waals surface area contributed by atoms with Crippen LogP contribution in [0.1, 0.15) is 23.4 Å². The minimum Gasteiger partial charge on any atom is -0.346 e. The standard InChI is InChI=1S/C19H17ClN2O3S2/c1-12(13-6-8-14(9-7-13)27(21,24)25)22-18(23)11-10-17-19(20)15-4-2-3-5-16(15)26-17/h2-12H,1H3,(H,22,23)(H2,21,24,25)/b11-10+. The average Bonchev–Trinajstić information content (AvgIpc) is 2.95. The maximum absolute atomic E-state index is 12.2. The van der Waals surface area contributed by atoms with E-state index in [9.17, 15) is 13.2 Å². The lowest BCUT2D eigenvalue weighted by molar-refractivity contribution is -0.117. The third-order valence-electron chi connectivity index (χ3n) is 4.01. The summed E-state index contributed by atoms with van der Waals surface area (Å²) in [5.74, 6) is -0.272. The van der Waals surface area contributed by atoms with Crippen molar-refractivity contribution in [3.05, 3.63) is 70.1 Å². The van der Waals surface area contributed by atoms with Crippen molar-refractivity contribution in [3.63, 3.8) is 0 Å². The highest BCUT2D eigenvalue weighted by Gasteiger charge is 2.12. The Morgan fingerprint density at radius 1 is 1.19 bits per heavy atom. The second-order valence-electron chi connectivity index (χ2n) is 5.95. The van der Waals surface area contributed by atoms with Crippen LogP contribution in [0.3, 0.4) is 0 Å². The lowest BCUT2D eigenvalue weighted by Gasteiger charge is -2.13. The SMILES string of the molecule is CC(NC(=O)/C=C/c1sc2ccccc2c1Cl)c1ccc(S(N)(=O)=O)cc1. The zero-order chi connectivity index (χ0) is 19.6. The summed E-state index contributed by atoms with van der Waals surface area (Å²) in [6.45, 7) is 1.81. The lowest BCUT2D eigenvalue weighted by atomic mass is 10.1. The highest BCUT2D eigenvalue weighted by molar-refractivity contribution is 7.89. The van der Waals surface area contributed by atoms with E-state index in [1.165, 1.54) is 29.5 Å². The van der Waals surface area contributed by atoms with Gasteiger partial charge in [-0.25, -0.2) is 13.6 Å². The molecule has 140 valence electrons. The highest BCUT2D eigenvalue weighted by atomic mass is 35.5. The summed E-state index contributed by atoms with van der Waals surface area (Å²) >= 11 is 7.88. The van der Waals surface area contributed by atoms with Gasteiger partial charge in [-0.2, -0.15) is 0 Å².